The van der Waals surface area contributed by atoms with Gasteiger partial charge in [0.2, 0.25) is 5.91 Å². The van der Waals surface area contributed by atoms with Crippen LogP contribution in [0.15, 0.2) is 54.0 Å². The van der Waals surface area contributed by atoms with Gasteiger partial charge in [-0.25, -0.2) is 9.97 Å². The highest BCUT2D eigenvalue weighted by molar-refractivity contribution is 7.13. The summed E-state index contributed by atoms with van der Waals surface area (Å²) in [5, 5.41) is 3.47. The Hall–Kier alpha value is -2.44. The molecular formula is C20H19ClN4OS. The van der Waals surface area contributed by atoms with E-state index in [1.54, 1.807) is 6.20 Å². The van der Waals surface area contributed by atoms with Gasteiger partial charge in [0.1, 0.15) is 10.8 Å². The largest absolute Gasteiger partial charge is 0.353 e. The van der Waals surface area contributed by atoms with Gasteiger partial charge in [0.25, 0.3) is 0 Å². The second kappa shape index (κ2) is 8.06. The van der Waals surface area contributed by atoms with Crippen molar-refractivity contribution in [2.75, 3.05) is 31.1 Å². The van der Waals surface area contributed by atoms with E-state index in [-0.39, 0.29) is 5.91 Å². The number of amides is 1. The first-order chi connectivity index (χ1) is 13.2. The third kappa shape index (κ3) is 4.12. The van der Waals surface area contributed by atoms with Crippen molar-refractivity contribution >= 4 is 34.7 Å². The third-order valence-electron chi connectivity index (χ3n) is 4.59. The number of benzene rings is 1. The average Bonchev–Trinajstić information content (AvgIpc) is 3.17. The number of carbonyl (C=O) groups excluding carboxylic acids is 1. The van der Waals surface area contributed by atoms with Crippen LogP contribution >= 0.6 is 22.9 Å². The number of anilines is 1. The molecule has 0 atom stereocenters. The van der Waals surface area contributed by atoms with Gasteiger partial charge in [0, 0.05) is 43.3 Å². The van der Waals surface area contributed by atoms with Crippen LogP contribution in [-0.2, 0) is 11.2 Å². The van der Waals surface area contributed by atoms with Crippen LogP contribution in [0.3, 0.4) is 0 Å². The number of rotatable bonds is 4. The predicted molar refractivity (Wildman–Crippen MR) is 109 cm³/mol. The molecule has 3 aromatic rings. The SMILES string of the molecule is O=C(Cc1csc(-c2ccccc2Cl)n1)N1CCN(c2ccccn2)CC1. The molecule has 4 rings (SSSR count). The highest BCUT2D eigenvalue weighted by Crippen LogP contribution is 2.30. The van der Waals surface area contributed by atoms with Crippen molar-refractivity contribution in [3.05, 3.63) is 64.8 Å². The van der Waals surface area contributed by atoms with Crippen molar-refractivity contribution in [3.63, 3.8) is 0 Å². The monoisotopic (exact) mass is 398 g/mol. The molecule has 1 aliphatic heterocycles. The lowest BCUT2D eigenvalue weighted by atomic mass is 10.2. The molecule has 1 aromatic carbocycles. The van der Waals surface area contributed by atoms with Crippen LogP contribution in [0.25, 0.3) is 10.6 Å². The van der Waals surface area contributed by atoms with E-state index in [9.17, 15) is 4.79 Å². The van der Waals surface area contributed by atoms with Crippen LogP contribution < -0.4 is 4.90 Å². The van der Waals surface area contributed by atoms with E-state index >= 15 is 0 Å². The molecule has 5 nitrogen and oxygen atoms in total. The zero-order valence-corrected chi connectivity index (χ0v) is 16.3. The van der Waals surface area contributed by atoms with Crippen LogP contribution in [0, 0.1) is 0 Å². The van der Waals surface area contributed by atoms with Gasteiger partial charge in [-0.1, -0.05) is 35.9 Å². The minimum atomic E-state index is 0.117. The zero-order chi connectivity index (χ0) is 18.6. The van der Waals surface area contributed by atoms with E-state index in [4.69, 9.17) is 11.6 Å². The van der Waals surface area contributed by atoms with Crippen LogP contribution in [0.1, 0.15) is 5.69 Å². The molecule has 0 aliphatic carbocycles. The maximum atomic E-state index is 12.7. The van der Waals surface area contributed by atoms with Crippen LogP contribution in [0.4, 0.5) is 5.82 Å². The summed E-state index contributed by atoms with van der Waals surface area (Å²) >= 11 is 7.76. The number of hydrogen-bond acceptors (Lipinski definition) is 5. The van der Waals surface area contributed by atoms with Crippen LogP contribution in [0.2, 0.25) is 5.02 Å². The van der Waals surface area contributed by atoms with E-state index in [1.807, 2.05) is 52.7 Å². The lowest BCUT2D eigenvalue weighted by Gasteiger charge is -2.35. The molecule has 1 fully saturated rings. The second-order valence-corrected chi connectivity index (χ2v) is 7.62. The van der Waals surface area contributed by atoms with Gasteiger partial charge in [-0.2, -0.15) is 0 Å². The van der Waals surface area contributed by atoms with E-state index in [0.29, 0.717) is 24.5 Å². The summed E-state index contributed by atoms with van der Waals surface area (Å²) in [6.45, 7) is 3.00. The number of nitrogens with zero attached hydrogens (tertiary/aromatic N) is 4. The fourth-order valence-electron chi connectivity index (χ4n) is 3.14. The summed E-state index contributed by atoms with van der Waals surface area (Å²) < 4.78 is 0. The first-order valence-corrected chi connectivity index (χ1v) is 10.1. The number of carbonyl (C=O) groups is 1. The lowest BCUT2D eigenvalue weighted by molar-refractivity contribution is -0.130. The van der Waals surface area contributed by atoms with Crippen molar-refractivity contribution < 1.29 is 4.79 Å². The Morgan fingerprint density at radius 1 is 1.07 bits per heavy atom. The Balaban J connectivity index is 1.36. The number of hydrogen-bond donors (Lipinski definition) is 0. The molecule has 7 heteroatoms. The molecular weight excluding hydrogens is 380 g/mol. The molecule has 1 saturated heterocycles. The molecule has 0 spiro atoms. The summed E-state index contributed by atoms with van der Waals surface area (Å²) in [7, 11) is 0. The Kier molecular flexibility index (Phi) is 5.36. The molecule has 27 heavy (non-hydrogen) atoms. The smallest absolute Gasteiger partial charge is 0.228 e. The fourth-order valence-corrected chi connectivity index (χ4v) is 4.28. The van der Waals surface area contributed by atoms with E-state index < -0.39 is 0 Å². The number of pyridine rings is 1. The molecule has 3 heterocycles. The number of halogens is 1. The zero-order valence-electron chi connectivity index (χ0n) is 14.7. The van der Waals surface area contributed by atoms with Gasteiger partial charge >= 0.3 is 0 Å². The maximum absolute atomic E-state index is 12.7. The van der Waals surface area contributed by atoms with Crippen LogP contribution in [0.5, 0.6) is 0 Å². The average molecular weight is 399 g/mol. The van der Waals surface area contributed by atoms with Crippen molar-refractivity contribution in [1.82, 2.24) is 14.9 Å². The summed E-state index contributed by atoms with van der Waals surface area (Å²) in [5.74, 6) is 1.08. The highest BCUT2D eigenvalue weighted by Gasteiger charge is 2.22. The second-order valence-electron chi connectivity index (χ2n) is 6.36. The molecule has 0 radical (unpaired) electrons. The van der Waals surface area contributed by atoms with E-state index in [0.717, 1.165) is 35.2 Å². The van der Waals surface area contributed by atoms with E-state index in [2.05, 4.69) is 14.9 Å². The predicted octanol–water partition coefficient (Wildman–Crippen LogP) is 3.75. The molecule has 2 aromatic heterocycles. The molecule has 1 aliphatic rings. The summed E-state index contributed by atoms with van der Waals surface area (Å²) in [4.78, 5) is 25.8. The Morgan fingerprint density at radius 2 is 1.85 bits per heavy atom. The van der Waals surface area contributed by atoms with Gasteiger partial charge in [-0.3, -0.25) is 4.79 Å². The van der Waals surface area contributed by atoms with Gasteiger partial charge in [-0.05, 0) is 18.2 Å². The topological polar surface area (TPSA) is 49.3 Å². The third-order valence-corrected chi connectivity index (χ3v) is 5.85. The Morgan fingerprint density at radius 3 is 2.59 bits per heavy atom. The maximum Gasteiger partial charge on any atom is 0.228 e. The van der Waals surface area contributed by atoms with Gasteiger partial charge in [-0.15, -0.1) is 11.3 Å². The first kappa shape index (κ1) is 17.9. The summed E-state index contributed by atoms with van der Waals surface area (Å²) in [6, 6.07) is 13.5. The molecule has 0 unspecified atom stereocenters. The minimum absolute atomic E-state index is 0.117. The Labute approximate surface area is 167 Å². The molecule has 0 N–H and O–H groups in total. The lowest BCUT2D eigenvalue weighted by Crippen LogP contribution is -2.49. The van der Waals surface area contributed by atoms with Gasteiger partial charge in [0.05, 0.1) is 17.1 Å². The van der Waals surface area contributed by atoms with Crippen molar-refractivity contribution in [2.45, 2.75) is 6.42 Å². The molecule has 0 saturated carbocycles. The standard InChI is InChI=1S/C20H19ClN4OS/c21-17-6-2-1-5-16(17)20-23-15(14-27-20)13-19(26)25-11-9-24(10-12-25)18-7-3-4-8-22-18/h1-8,14H,9-13H2. The normalized spacial score (nSPS) is 14.4. The fraction of sp³-hybridized carbons (Fsp3) is 0.250. The minimum Gasteiger partial charge on any atom is -0.353 e. The number of piperazine rings is 1. The van der Waals surface area contributed by atoms with E-state index in [1.165, 1.54) is 11.3 Å². The van der Waals surface area contributed by atoms with Gasteiger partial charge in [0.15, 0.2) is 0 Å². The van der Waals surface area contributed by atoms with Crippen molar-refractivity contribution in [2.24, 2.45) is 0 Å². The highest BCUT2D eigenvalue weighted by atomic mass is 35.5. The van der Waals surface area contributed by atoms with Crippen LogP contribution in [-0.4, -0.2) is 47.0 Å². The van der Waals surface area contributed by atoms with Crippen molar-refractivity contribution in [3.8, 4) is 10.6 Å². The number of thiazole rings is 1. The summed E-state index contributed by atoms with van der Waals surface area (Å²) in [5.41, 5.74) is 1.71. The van der Waals surface area contributed by atoms with Gasteiger partial charge < -0.3 is 9.80 Å². The van der Waals surface area contributed by atoms with Crippen molar-refractivity contribution in [1.29, 1.82) is 0 Å². The first-order valence-electron chi connectivity index (χ1n) is 8.84. The number of aromatic nitrogens is 2. The Bertz CT molecular complexity index is 922. The summed E-state index contributed by atoms with van der Waals surface area (Å²) in [6.07, 6.45) is 2.12. The molecule has 1 amide bonds. The molecule has 0 bridgehead atoms. The molecule has 138 valence electrons. The quantitative estimate of drug-likeness (QED) is 0.671.